The predicted molar refractivity (Wildman–Crippen MR) is 66.1 cm³/mol. The van der Waals surface area contributed by atoms with Crippen LogP contribution in [0.15, 0.2) is 47.3 Å². The van der Waals surface area contributed by atoms with Gasteiger partial charge in [0.15, 0.2) is 10.3 Å². The molecule has 0 aliphatic rings. The number of halogens is 2. The molecule has 84 valence electrons. The summed E-state index contributed by atoms with van der Waals surface area (Å²) in [4.78, 5) is 8.49. The molecule has 3 rings (SSSR count). The van der Waals surface area contributed by atoms with Crippen LogP contribution in [0.5, 0.6) is 0 Å². The molecule has 0 bridgehead atoms. The number of rotatable bonds is 1. The Labute approximate surface area is 105 Å². The quantitative estimate of drug-likeness (QED) is 0.689. The lowest BCUT2D eigenvalue weighted by molar-refractivity contribution is 0.630. The van der Waals surface area contributed by atoms with E-state index in [2.05, 4.69) is 25.9 Å². The molecule has 0 atom stereocenters. The summed E-state index contributed by atoms with van der Waals surface area (Å²) in [7, 11) is 0. The lowest BCUT2D eigenvalue weighted by Crippen LogP contribution is -1.92. The van der Waals surface area contributed by atoms with Crippen molar-refractivity contribution < 1.29 is 4.39 Å². The number of hydrogen-bond donors (Lipinski definition) is 0. The molecule has 0 saturated carbocycles. The molecular weight excluding hydrogens is 285 g/mol. The average molecular weight is 292 g/mol. The maximum atomic E-state index is 13.7. The first-order chi connectivity index (χ1) is 8.27. The monoisotopic (exact) mass is 291 g/mol. The molecule has 0 radical (unpaired) electrons. The number of nitrogens with zero attached hydrogens (tertiary/aromatic N) is 3. The molecule has 3 nitrogen and oxygen atoms in total. The van der Waals surface area contributed by atoms with Crippen LogP contribution in [0.3, 0.4) is 0 Å². The van der Waals surface area contributed by atoms with E-state index in [1.165, 1.54) is 6.07 Å². The third-order valence-corrected chi connectivity index (χ3v) is 3.01. The number of imidazole rings is 1. The summed E-state index contributed by atoms with van der Waals surface area (Å²) in [5, 5.41) is 0. The molecule has 1 aromatic carbocycles. The fraction of sp³-hybridized carbons (Fsp3) is 0. The highest BCUT2D eigenvalue weighted by Gasteiger charge is 2.14. The van der Waals surface area contributed by atoms with Gasteiger partial charge < -0.3 is 0 Å². The fourth-order valence-electron chi connectivity index (χ4n) is 1.72. The topological polar surface area (TPSA) is 30.2 Å². The van der Waals surface area contributed by atoms with E-state index < -0.39 is 0 Å². The molecule has 0 aliphatic carbocycles. The first-order valence-electron chi connectivity index (χ1n) is 5.01. The molecule has 3 aromatic rings. The lowest BCUT2D eigenvalue weighted by Gasteiger charge is -2.01. The molecule has 0 N–H and O–H groups in total. The Balaban J connectivity index is 2.35. The standard InChI is InChI=1S/C12H7BrFN3/c13-10-12-15-6-3-7-17(12)11(16-10)8-4-1-2-5-9(8)14/h1-7H. The summed E-state index contributed by atoms with van der Waals surface area (Å²) in [5.41, 5.74) is 1.13. The molecule has 5 heteroatoms. The van der Waals surface area contributed by atoms with Gasteiger partial charge in [0.05, 0.1) is 5.56 Å². The minimum atomic E-state index is -0.296. The van der Waals surface area contributed by atoms with Crippen LogP contribution in [0.1, 0.15) is 0 Å². The van der Waals surface area contributed by atoms with Gasteiger partial charge in [0.25, 0.3) is 0 Å². The Morgan fingerprint density at radius 1 is 1.18 bits per heavy atom. The maximum Gasteiger partial charge on any atom is 0.171 e. The zero-order valence-electron chi connectivity index (χ0n) is 8.64. The number of aromatic nitrogens is 3. The first-order valence-corrected chi connectivity index (χ1v) is 5.80. The van der Waals surface area contributed by atoms with E-state index in [1.807, 2.05) is 6.20 Å². The van der Waals surface area contributed by atoms with Crippen LogP contribution in [0, 0.1) is 5.82 Å². The number of hydrogen-bond acceptors (Lipinski definition) is 2. The van der Waals surface area contributed by atoms with Gasteiger partial charge >= 0.3 is 0 Å². The second-order valence-electron chi connectivity index (χ2n) is 3.52. The highest BCUT2D eigenvalue weighted by atomic mass is 79.9. The molecule has 0 unspecified atom stereocenters. The van der Waals surface area contributed by atoms with Crippen LogP contribution >= 0.6 is 15.9 Å². The van der Waals surface area contributed by atoms with E-state index in [-0.39, 0.29) is 5.82 Å². The van der Waals surface area contributed by atoms with Crippen molar-refractivity contribution in [2.75, 3.05) is 0 Å². The van der Waals surface area contributed by atoms with Crippen LogP contribution in [0.2, 0.25) is 0 Å². The largest absolute Gasteiger partial charge is 0.283 e. The van der Waals surface area contributed by atoms with Crippen molar-refractivity contribution in [3.63, 3.8) is 0 Å². The van der Waals surface area contributed by atoms with Crippen molar-refractivity contribution in [3.05, 3.63) is 53.1 Å². The van der Waals surface area contributed by atoms with Crippen molar-refractivity contribution in [2.24, 2.45) is 0 Å². The van der Waals surface area contributed by atoms with Gasteiger partial charge in [-0.1, -0.05) is 12.1 Å². The van der Waals surface area contributed by atoms with Gasteiger partial charge in [-0.05, 0) is 34.1 Å². The van der Waals surface area contributed by atoms with Gasteiger partial charge in [0.1, 0.15) is 11.6 Å². The summed E-state index contributed by atoms with van der Waals surface area (Å²) >= 11 is 3.32. The summed E-state index contributed by atoms with van der Waals surface area (Å²) in [6, 6.07) is 8.33. The van der Waals surface area contributed by atoms with Gasteiger partial charge in [-0.3, -0.25) is 4.40 Å². The van der Waals surface area contributed by atoms with Crippen LogP contribution in [-0.2, 0) is 0 Å². The molecule has 2 heterocycles. The lowest BCUT2D eigenvalue weighted by atomic mass is 10.2. The average Bonchev–Trinajstić information content (AvgIpc) is 2.68. The Kier molecular flexibility index (Phi) is 2.40. The normalized spacial score (nSPS) is 10.9. The molecule has 0 saturated heterocycles. The van der Waals surface area contributed by atoms with Gasteiger partial charge in [0.2, 0.25) is 0 Å². The van der Waals surface area contributed by atoms with Crippen LogP contribution in [0.4, 0.5) is 4.39 Å². The van der Waals surface area contributed by atoms with Crippen LogP contribution in [0.25, 0.3) is 17.0 Å². The smallest absolute Gasteiger partial charge is 0.171 e. The third kappa shape index (κ3) is 1.63. The van der Waals surface area contributed by atoms with E-state index in [0.29, 0.717) is 21.6 Å². The first kappa shape index (κ1) is 10.4. The van der Waals surface area contributed by atoms with E-state index in [4.69, 9.17) is 0 Å². The number of fused-ring (bicyclic) bond motifs is 1. The molecular formula is C12H7BrFN3. The van der Waals surface area contributed by atoms with Crippen LogP contribution < -0.4 is 0 Å². The molecule has 0 amide bonds. The molecule has 17 heavy (non-hydrogen) atoms. The van der Waals surface area contributed by atoms with Crippen molar-refractivity contribution in [3.8, 4) is 11.4 Å². The maximum absolute atomic E-state index is 13.7. The Morgan fingerprint density at radius 2 is 2.00 bits per heavy atom. The van der Waals surface area contributed by atoms with Gasteiger partial charge in [-0.25, -0.2) is 14.4 Å². The molecule has 0 spiro atoms. The van der Waals surface area contributed by atoms with Crippen molar-refractivity contribution >= 4 is 21.6 Å². The SMILES string of the molecule is Fc1ccccc1-c1nc(Br)c2ncccn12. The van der Waals surface area contributed by atoms with Crippen molar-refractivity contribution in [1.29, 1.82) is 0 Å². The van der Waals surface area contributed by atoms with E-state index in [1.54, 1.807) is 34.9 Å². The Hall–Kier alpha value is -1.75. The second kappa shape index (κ2) is 3.92. The van der Waals surface area contributed by atoms with Crippen molar-refractivity contribution in [2.45, 2.75) is 0 Å². The van der Waals surface area contributed by atoms with Gasteiger partial charge in [-0.2, -0.15) is 0 Å². The molecule has 0 fully saturated rings. The molecule has 0 aliphatic heterocycles. The van der Waals surface area contributed by atoms with Crippen LogP contribution in [-0.4, -0.2) is 14.4 Å². The second-order valence-corrected chi connectivity index (χ2v) is 4.27. The third-order valence-electron chi connectivity index (χ3n) is 2.48. The highest BCUT2D eigenvalue weighted by molar-refractivity contribution is 9.10. The van der Waals surface area contributed by atoms with Gasteiger partial charge in [-0.15, -0.1) is 0 Å². The summed E-state index contributed by atoms with van der Waals surface area (Å²) in [6.45, 7) is 0. The summed E-state index contributed by atoms with van der Waals surface area (Å²) in [6.07, 6.45) is 3.48. The minimum absolute atomic E-state index is 0.296. The minimum Gasteiger partial charge on any atom is -0.283 e. The number of benzene rings is 1. The Morgan fingerprint density at radius 3 is 2.82 bits per heavy atom. The predicted octanol–water partition coefficient (Wildman–Crippen LogP) is 3.30. The zero-order chi connectivity index (χ0) is 11.8. The Bertz CT molecular complexity index is 693. The molecule has 2 aromatic heterocycles. The van der Waals surface area contributed by atoms with E-state index >= 15 is 0 Å². The van der Waals surface area contributed by atoms with Crippen molar-refractivity contribution in [1.82, 2.24) is 14.4 Å². The van der Waals surface area contributed by atoms with Gasteiger partial charge in [0, 0.05) is 12.4 Å². The zero-order valence-corrected chi connectivity index (χ0v) is 10.2. The fourth-order valence-corrected chi connectivity index (χ4v) is 2.19. The highest BCUT2D eigenvalue weighted by Crippen LogP contribution is 2.26. The summed E-state index contributed by atoms with van der Waals surface area (Å²) in [5.74, 6) is 0.244. The van der Waals surface area contributed by atoms with E-state index in [0.717, 1.165) is 0 Å². The summed E-state index contributed by atoms with van der Waals surface area (Å²) < 4.78 is 16.1. The van der Waals surface area contributed by atoms with E-state index in [9.17, 15) is 4.39 Å².